The quantitative estimate of drug-likeness (QED) is 0.296. The molecule has 0 aliphatic carbocycles. The molecular formula is C18H13N3O4. The Labute approximate surface area is 143 Å². The minimum absolute atomic E-state index is 0.0666. The molecule has 0 bridgehead atoms. The van der Waals surface area contributed by atoms with Crippen molar-refractivity contribution in [3.63, 3.8) is 0 Å². The molecule has 2 rings (SSSR count). The van der Waals surface area contributed by atoms with Crippen LogP contribution in [0.3, 0.4) is 0 Å². The van der Waals surface area contributed by atoms with E-state index in [9.17, 15) is 19.7 Å². The van der Waals surface area contributed by atoms with Crippen molar-refractivity contribution in [2.75, 3.05) is 5.32 Å². The van der Waals surface area contributed by atoms with Crippen LogP contribution in [-0.2, 0) is 9.59 Å². The number of carbonyl (C=O) groups excluding carboxylic acids is 2. The van der Waals surface area contributed by atoms with Crippen molar-refractivity contribution < 1.29 is 14.5 Å². The number of carbonyl (C=O) groups is 2. The van der Waals surface area contributed by atoms with Crippen LogP contribution in [0.15, 0.2) is 54.1 Å². The van der Waals surface area contributed by atoms with Crippen LogP contribution in [0.2, 0.25) is 0 Å². The first kappa shape index (κ1) is 17.6. The summed E-state index contributed by atoms with van der Waals surface area (Å²) >= 11 is 0. The molecule has 7 nitrogen and oxygen atoms in total. The molecule has 0 saturated heterocycles. The number of nitro benzene ring substituents is 1. The highest BCUT2D eigenvalue weighted by Crippen LogP contribution is 2.17. The number of rotatable bonds is 5. The predicted octanol–water partition coefficient (Wildman–Crippen LogP) is 3.08. The van der Waals surface area contributed by atoms with Gasteiger partial charge >= 0.3 is 0 Å². The highest BCUT2D eigenvalue weighted by molar-refractivity contribution is 6.25. The number of ketones is 1. The molecule has 25 heavy (non-hydrogen) atoms. The van der Waals surface area contributed by atoms with Gasteiger partial charge in [0, 0.05) is 17.8 Å². The molecule has 1 amide bonds. The van der Waals surface area contributed by atoms with Crippen LogP contribution < -0.4 is 5.32 Å². The minimum atomic E-state index is -0.620. The van der Waals surface area contributed by atoms with Crippen molar-refractivity contribution in [2.24, 2.45) is 0 Å². The second-order valence-corrected chi connectivity index (χ2v) is 5.11. The van der Waals surface area contributed by atoms with Gasteiger partial charge in [-0.1, -0.05) is 12.1 Å². The molecule has 0 aromatic heterocycles. The Hall–Kier alpha value is -3.79. The summed E-state index contributed by atoms with van der Waals surface area (Å²) < 4.78 is 0. The van der Waals surface area contributed by atoms with Gasteiger partial charge in [-0.25, -0.2) is 0 Å². The van der Waals surface area contributed by atoms with Crippen molar-refractivity contribution in [2.45, 2.75) is 6.92 Å². The van der Waals surface area contributed by atoms with Crippen molar-refractivity contribution in [3.8, 4) is 6.07 Å². The van der Waals surface area contributed by atoms with Gasteiger partial charge in [-0.3, -0.25) is 19.7 Å². The summed E-state index contributed by atoms with van der Waals surface area (Å²) in [5.74, 6) is -1.05. The molecule has 1 N–H and O–H groups in total. The van der Waals surface area contributed by atoms with E-state index in [4.69, 9.17) is 5.26 Å². The summed E-state index contributed by atoms with van der Waals surface area (Å²) in [4.78, 5) is 34.2. The number of anilines is 1. The highest BCUT2D eigenvalue weighted by Gasteiger charge is 2.15. The van der Waals surface area contributed by atoms with E-state index in [1.807, 2.05) is 6.07 Å². The smallest absolute Gasteiger partial charge is 0.269 e. The van der Waals surface area contributed by atoms with Gasteiger partial charge in [0.25, 0.3) is 11.6 Å². The fourth-order valence-electron chi connectivity index (χ4n) is 2.01. The number of hydrogen-bond acceptors (Lipinski definition) is 5. The Morgan fingerprint density at radius 2 is 1.72 bits per heavy atom. The Bertz CT molecular complexity index is 891. The number of Topliss-reactive ketones (excluding diaryl/α,β-unsaturated/α-hetero) is 1. The van der Waals surface area contributed by atoms with Gasteiger partial charge < -0.3 is 5.32 Å². The first-order chi connectivity index (χ1) is 11.9. The fraction of sp³-hybridized carbons (Fsp3) is 0.0556. The lowest BCUT2D eigenvalue weighted by Gasteiger charge is -2.07. The SMILES string of the molecule is CC(=O)/C(=C\c1ccc(C#N)cc1)C(=O)Nc1ccc([N+](=O)[O-])cc1. The van der Waals surface area contributed by atoms with Gasteiger partial charge in [-0.05, 0) is 42.8 Å². The average molecular weight is 335 g/mol. The number of non-ortho nitro benzene ring substituents is 1. The summed E-state index contributed by atoms with van der Waals surface area (Å²) in [7, 11) is 0. The second kappa shape index (κ2) is 7.66. The van der Waals surface area contributed by atoms with Crippen molar-refractivity contribution in [1.29, 1.82) is 5.26 Å². The van der Waals surface area contributed by atoms with E-state index in [1.54, 1.807) is 24.3 Å². The Kier molecular flexibility index (Phi) is 5.38. The molecular weight excluding hydrogens is 322 g/mol. The molecule has 0 saturated carbocycles. The minimum Gasteiger partial charge on any atom is -0.322 e. The van der Waals surface area contributed by atoms with Crippen LogP contribution >= 0.6 is 0 Å². The standard InChI is InChI=1S/C18H13N3O4/c1-12(22)17(10-13-2-4-14(11-19)5-3-13)18(23)20-15-6-8-16(9-7-15)21(24)25/h2-10H,1H3,(H,20,23)/b17-10+. The number of nitriles is 1. The zero-order chi connectivity index (χ0) is 18.4. The van der Waals surface area contributed by atoms with Crippen molar-refractivity contribution >= 4 is 29.1 Å². The third-order valence-electron chi connectivity index (χ3n) is 3.31. The van der Waals surface area contributed by atoms with Crippen LogP contribution in [0, 0.1) is 21.4 Å². The molecule has 0 aliphatic rings. The molecule has 2 aromatic rings. The zero-order valence-corrected chi connectivity index (χ0v) is 13.2. The summed E-state index contributed by atoms with van der Waals surface area (Å²) in [6.07, 6.45) is 1.42. The van der Waals surface area contributed by atoms with Crippen LogP contribution in [0.1, 0.15) is 18.1 Å². The summed E-state index contributed by atoms with van der Waals surface area (Å²) in [5.41, 5.74) is 1.24. The van der Waals surface area contributed by atoms with E-state index in [0.29, 0.717) is 16.8 Å². The number of amides is 1. The maximum Gasteiger partial charge on any atom is 0.269 e. The summed E-state index contributed by atoms with van der Waals surface area (Å²) in [6, 6.07) is 13.7. The predicted molar refractivity (Wildman–Crippen MR) is 91.5 cm³/mol. The van der Waals surface area contributed by atoms with E-state index in [2.05, 4.69) is 5.32 Å². The van der Waals surface area contributed by atoms with E-state index in [1.165, 1.54) is 37.3 Å². The average Bonchev–Trinajstić information content (AvgIpc) is 2.60. The van der Waals surface area contributed by atoms with E-state index < -0.39 is 16.6 Å². The fourth-order valence-corrected chi connectivity index (χ4v) is 2.01. The molecule has 0 unspecified atom stereocenters. The molecule has 0 radical (unpaired) electrons. The van der Waals surface area contributed by atoms with Crippen LogP contribution in [0.4, 0.5) is 11.4 Å². The molecule has 0 atom stereocenters. The van der Waals surface area contributed by atoms with Gasteiger partial charge in [0.1, 0.15) is 0 Å². The van der Waals surface area contributed by atoms with Crippen LogP contribution in [-0.4, -0.2) is 16.6 Å². The number of benzene rings is 2. The molecule has 0 heterocycles. The van der Waals surface area contributed by atoms with Gasteiger partial charge in [-0.15, -0.1) is 0 Å². The maximum absolute atomic E-state index is 12.3. The Morgan fingerprint density at radius 1 is 1.12 bits per heavy atom. The van der Waals surface area contributed by atoms with E-state index >= 15 is 0 Å². The summed E-state index contributed by atoms with van der Waals surface area (Å²) in [6.45, 7) is 1.27. The van der Waals surface area contributed by atoms with Gasteiger partial charge in [0.05, 0.1) is 22.1 Å². The molecule has 7 heteroatoms. The van der Waals surface area contributed by atoms with Crippen molar-refractivity contribution in [3.05, 3.63) is 75.3 Å². The second-order valence-electron chi connectivity index (χ2n) is 5.11. The normalized spacial score (nSPS) is 10.6. The molecule has 0 fully saturated rings. The Balaban J connectivity index is 2.22. The van der Waals surface area contributed by atoms with Gasteiger partial charge in [0.15, 0.2) is 5.78 Å². The Morgan fingerprint density at radius 3 is 2.20 bits per heavy atom. The highest BCUT2D eigenvalue weighted by atomic mass is 16.6. The number of nitro groups is 1. The maximum atomic E-state index is 12.3. The first-order valence-corrected chi connectivity index (χ1v) is 7.19. The zero-order valence-electron chi connectivity index (χ0n) is 13.2. The molecule has 2 aromatic carbocycles. The van der Waals surface area contributed by atoms with E-state index in [0.717, 1.165) is 0 Å². The number of nitrogens with one attached hydrogen (secondary N) is 1. The topological polar surface area (TPSA) is 113 Å². The number of nitrogens with zero attached hydrogens (tertiary/aromatic N) is 2. The lowest BCUT2D eigenvalue weighted by Crippen LogP contribution is -2.18. The van der Waals surface area contributed by atoms with Crippen LogP contribution in [0.25, 0.3) is 6.08 Å². The molecule has 0 spiro atoms. The monoisotopic (exact) mass is 335 g/mol. The lowest BCUT2D eigenvalue weighted by atomic mass is 10.1. The van der Waals surface area contributed by atoms with Gasteiger partial charge in [0.2, 0.25) is 0 Å². The lowest BCUT2D eigenvalue weighted by molar-refractivity contribution is -0.384. The number of hydrogen-bond donors (Lipinski definition) is 1. The largest absolute Gasteiger partial charge is 0.322 e. The first-order valence-electron chi connectivity index (χ1n) is 7.19. The third-order valence-corrected chi connectivity index (χ3v) is 3.31. The van der Waals surface area contributed by atoms with E-state index in [-0.39, 0.29) is 11.3 Å². The van der Waals surface area contributed by atoms with Crippen molar-refractivity contribution in [1.82, 2.24) is 0 Å². The molecule has 124 valence electrons. The third kappa shape index (κ3) is 4.59. The van der Waals surface area contributed by atoms with Gasteiger partial charge in [-0.2, -0.15) is 5.26 Å². The summed E-state index contributed by atoms with van der Waals surface area (Å²) in [5, 5.41) is 21.9. The molecule has 0 aliphatic heterocycles. The van der Waals surface area contributed by atoms with Crippen LogP contribution in [0.5, 0.6) is 0 Å².